The van der Waals surface area contributed by atoms with E-state index in [1.165, 1.54) is 32.4 Å². The van der Waals surface area contributed by atoms with Crippen molar-refractivity contribution in [2.75, 3.05) is 33.2 Å². The Morgan fingerprint density at radius 2 is 2.13 bits per heavy atom. The van der Waals surface area contributed by atoms with Crippen molar-refractivity contribution in [3.8, 4) is 6.07 Å². The van der Waals surface area contributed by atoms with E-state index >= 15 is 0 Å². The lowest BCUT2D eigenvalue weighted by Crippen LogP contribution is -2.35. The molecule has 1 saturated heterocycles. The van der Waals surface area contributed by atoms with E-state index in [9.17, 15) is 0 Å². The molecule has 3 heteroatoms. The molecule has 1 N–H and O–H groups in total. The smallest absolute Gasteiger partial charge is 0.0622 e. The van der Waals surface area contributed by atoms with Crippen molar-refractivity contribution < 1.29 is 0 Å². The number of nitrogens with one attached hydrogen (secondary N) is 1. The maximum Gasteiger partial charge on any atom is 0.0622 e. The zero-order valence-electron chi connectivity index (χ0n) is 9.84. The van der Waals surface area contributed by atoms with Gasteiger partial charge in [-0.3, -0.25) is 0 Å². The van der Waals surface area contributed by atoms with Gasteiger partial charge in [-0.1, -0.05) is 0 Å². The van der Waals surface area contributed by atoms with Crippen LogP contribution in [0.25, 0.3) is 0 Å². The Bertz CT molecular complexity index is 190. The molecule has 1 fully saturated rings. The van der Waals surface area contributed by atoms with Crippen LogP contribution in [0.1, 0.15) is 32.1 Å². The van der Waals surface area contributed by atoms with Gasteiger partial charge in [0.2, 0.25) is 0 Å². The quantitative estimate of drug-likeness (QED) is 0.676. The minimum absolute atomic E-state index is 0.708. The molecule has 0 aromatic carbocycles. The van der Waals surface area contributed by atoms with Gasteiger partial charge in [0.25, 0.3) is 0 Å². The summed E-state index contributed by atoms with van der Waals surface area (Å²) < 4.78 is 0. The van der Waals surface area contributed by atoms with E-state index in [0.717, 1.165) is 25.4 Å². The Hall–Kier alpha value is -0.590. The van der Waals surface area contributed by atoms with Gasteiger partial charge >= 0.3 is 0 Å². The average Bonchev–Trinajstić information content (AvgIpc) is 2.28. The molecular weight excluding hydrogens is 186 g/mol. The van der Waals surface area contributed by atoms with Crippen LogP contribution in [-0.2, 0) is 0 Å². The first kappa shape index (κ1) is 12.5. The highest BCUT2D eigenvalue weighted by Crippen LogP contribution is 2.19. The van der Waals surface area contributed by atoms with Gasteiger partial charge < -0.3 is 10.2 Å². The molecule has 86 valence electrons. The van der Waals surface area contributed by atoms with Crippen molar-refractivity contribution in [1.29, 1.82) is 5.26 Å². The van der Waals surface area contributed by atoms with Crippen molar-refractivity contribution in [3.05, 3.63) is 0 Å². The van der Waals surface area contributed by atoms with Crippen LogP contribution < -0.4 is 5.32 Å². The van der Waals surface area contributed by atoms with Crippen LogP contribution in [0.5, 0.6) is 0 Å². The number of likely N-dealkylation sites (tertiary alicyclic amines) is 1. The topological polar surface area (TPSA) is 39.1 Å². The molecule has 0 aromatic rings. The van der Waals surface area contributed by atoms with E-state index in [1.54, 1.807) is 0 Å². The molecule has 1 rings (SSSR count). The summed E-state index contributed by atoms with van der Waals surface area (Å²) in [6, 6.07) is 2.21. The Morgan fingerprint density at radius 3 is 2.73 bits per heavy atom. The van der Waals surface area contributed by atoms with Gasteiger partial charge in [-0.05, 0) is 64.8 Å². The highest BCUT2D eigenvalue weighted by atomic mass is 15.1. The molecule has 0 saturated carbocycles. The third-order valence-corrected chi connectivity index (χ3v) is 3.27. The fourth-order valence-electron chi connectivity index (χ4n) is 2.23. The second-order valence-electron chi connectivity index (χ2n) is 4.44. The zero-order chi connectivity index (χ0) is 10.9. The molecule has 0 aliphatic carbocycles. The van der Waals surface area contributed by atoms with Crippen LogP contribution in [0, 0.1) is 17.2 Å². The van der Waals surface area contributed by atoms with E-state index in [-0.39, 0.29) is 0 Å². The molecule has 0 bridgehead atoms. The van der Waals surface area contributed by atoms with Crippen LogP contribution in [-0.4, -0.2) is 38.1 Å². The molecule has 0 amide bonds. The number of hydrogen-bond acceptors (Lipinski definition) is 3. The maximum atomic E-state index is 8.46. The monoisotopic (exact) mass is 209 g/mol. The fraction of sp³-hybridized carbons (Fsp3) is 0.917. The van der Waals surface area contributed by atoms with Crippen molar-refractivity contribution in [1.82, 2.24) is 10.2 Å². The molecule has 0 atom stereocenters. The Kier molecular flexibility index (Phi) is 6.38. The normalized spacial score (nSPS) is 18.9. The lowest BCUT2D eigenvalue weighted by Gasteiger charge is -2.31. The first-order valence-corrected chi connectivity index (χ1v) is 6.10. The Labute approximate surface area is 93.5 Å². The third-order valence-electron chi connectivity index (χ3n) is 3.27. The summed E-state index contributed by atoms with van der Waals surface area (Å²) in [5, 5.41) is 11.7. The predicted octanol–water partition coefficient (Wildman–Crippen LogP) is 1.61. The highest BCUT2D eigenvalue weighted by Gasteiger charge is 2.17. The van der Waals surface area contributed by atoms with Gasteiger partial charge in [0.15, 0.2) is 0 Å². The van der Waals surface area contributed by atoms with Crippen molar-refractivity contribution in [2.45, 2.75) is 32.1 Å². The van der Waals surface area contributed by atoms with Gasteiger partial charge in [-0.2, -0.15) is 5.26 Å². The number of nitriles is 1. The second kappa shape index (κ2) is 7.67. The lowest BCUT2D eigenvalue weighted by atomic mass is 9.93. The molecular formula is C12H23N3. The zero-order valence-corrected chi connectivity index (χ0v) is 9.84. The first-order chi connectivity index (χ1) is 7.36. The second-order valence-corrected chi connectivity index (χ2v) is 4.44. The van der Waals surface area contributed by atoms with E-state index in [2.05, 4.69) is 16.3 Å². The minimum atomic E-state index is 0.708. The molecule has 0 unspecified atom stereocenters. The predicted molar refractivity (Wildman–Crippen MR) is 62.6 cm³/mol. The fourth-order valence-corrected chi connectivity index (χ4v) is 2.23. The van der Waals surface area contributed by atoms with Crippen molar-refractivity contribution in [2.24, 2.45) is 5.92 Å². The maximum absolute atomic E-state index is 8.46. The van der Waals surface area contributed by atoms with Crippen molar-refractivity contribution in [3.63, 3.8) is 0 Å². The van der Waals surface area contributed by atoms with Gasteiger partial charge in [0.1, 0.15) is 0 Å². The standard InChI is InChI=1S/C12H23N3/c1-14-8-4-12-5-10-15(11-6-12)9-3-2-7-13/h12,14H,2-6,8-11H2,1H3. The molecule has 15 heavy (non-hydrogen) atoms. The molecule has 1 aliphatic heterocycles. The number of unbranched alkanes of at least 4 members (excludes halogenated alkanes) is 1. The van der Waals surface area contributed by atoms with Gasteiger partial charge in [0, 0.05) is 6.42 Å². The number of piperidine rings is 1. The summed E-state index contributed by atoms with van der Waals surface area (Å²) in [7, 11) is 2.02. The summed E-state index contributed by atoms with van der Waals surface area (Å²) >= 11 is 0. The number of rotatable bonds is 6. The van der Waals surface area contributed by atoms with E-state index in [4.69, 9.17) is 5.26 Å². The van der Waals surface area contributed by atoms with Crippen LogP contribution in [0.3, 0.4) is 0 Å². The van der Waals surface area contributed by atoms with Crippen LogP contribution in [0.4, 0.5) is 0 Å². The summed E-state index contributed by atoms with van der Waals surface area (Å²) in [5.41, 5.74) is 0. The van der Waals surface area contributed by atoms with Gasteiger partial charge in [-0.15, -0.1) is 0 Å². The van der Waals surface area contributed by atoms with E-state index in [0.29, 0.717) is 6.42 Å². The van der Waals surface area contributed by atoms with Gasteiger partial charge in [-0.25, -0.2) is 0 Å². The minimum Gasteiger partial charge on any atom is -0.320 e. The largest absolute Gasteiger partial charge is 0.320 e. The van der Waals surface area contributed by atoms with E-state index in [1.807, 2.05) is 7.05 Å². The first-order valence-electron chi connectivity index (χ1n) is 6.10. The summed E-state index contributed by atoms with van der Waals surface area (Å²) in [6.45, 7) is 4.74. The van der Waals surface area contributed by atoms with Crippen LogP contribution >= 0.6 is 0 Å². The summed E-state index contributed by atoms with van der Waals surface area (Å²) in [6.07, 6.45) is 5.75. The molecule has 1 aliphatic rings. The van der Waals surface area contributed by atoms with Crippen molar-refractivity contribution >= 4 is 0 Å². The number of nitrogens with zero attached hydrogens (tertiary/aromatic N) is 2. The molecule has 0 spiro atoms. The molecule has 3 nitrogen and oxygen atoms in total. The molecule has 0 radical (unpaired) electrons. The average molecular weight is 209 g/mol. The SMILES string of the molecule is CNCCC1CCN(CCCC#N)CC1. The highest BCUT2D eigenvalue weighted by molar-refractivity contribution is 4.75. The number of hydrogen-bond donors (Lipinski definition) is 1. The van der Waals surface area contributed by atoms with Crippen LogP contribution in [0.15, 0.2) is 0 Å². The lowest BCUT2D eigenvalue weighted by molar-refractivity contribution is 0.178. The van der Waals surface area contributed by atoms with E-state index < -0.39 is 0 Å². The third kappa shape index (κ3) is 5.15. The molecule has 0 aromatic heterocycles. The van der Waals surface area contributed by atoms with Gasteiger partial charge in [0.05, 0.1) is 6.07 Å². The summed E-state index contributed by atoms with van der Waals surface area (Å²) in [5.74, 6) is 0.921. The summed E-state index contributed by atoms with van der Waals surface area (Å²) in [4.78, 5) is 2.51. The molecule has 1 heterocycles. The van der Waals surface area contributed by atoms with Crippen LogP contribution in [0.2, 0.25) is 0 Å². The Balaban J connectivity index is 2.05. The Morgan fingerprint density at radius 1 is 1.40 bits per heavy atom.